The van der Waals surface area contributed by atoms with Crippen LogP contribution in [0.25, 0.3) is 44.3 Å². The summed E-state index contributed by atoms with van der Waals surface area (Å²) in [5, 5.41) is 54.2. The first-order valence-electron chi connectivity index (χ1n) is 30.4. The van der Waals surface area contributed by atoms with Crippen LogP contribution < -0.4 is 0 Å². The van der Waals surface area contributed by atoms with E-state index in [0.29, 0.717) is 38.5 Å². The molecule has 434 valence electrons. The van der Waals surface area contributed by atoms with Crippen molar-refractivity contribution in [1.82, 2.24) is 9.97 Å². The minimum atomic E-state index is -0.293. The first-order chi connectivity index (χ1) is 39.0. The normalized spacial score (nSPS) is 14.2. The maximum atomic E-state index is 13.1. The molecule has 0 aliphatic carbocycles. The topological polar surface area (TPSA) is 107 Å². The summed E-state index contributed by atoms with van der Waals surface area (Å²) < 4.78 is 0. The van der Waals surface area contributed by atoms with Crippen molar-refractivity contribution in [2.75, 3.05) is 0 Å². The maximum Gasteiger partial charge on any atom is 0.122 e. The van der Waals surface area contributed by atoms with Crippen LogP contribution in [0.15, 0.2) is 109 Å². The Labute approximate surface area is 500 Å². The van der Waals surface area contributed by atoms with Gasteiger partial charge in [-0.25, -0.2) is 9.97 Å². The molecule has 0 unspecified atom stereocenters. The van der Waals surface area contributed by atoms with E-state index < -0.39 is 0 Å². The molecule has 0 radical (unpaired) electrons. The van der Waals surface area contributed by atoms with Crippen molar-refractivity contribution >= 4 is 21.8 Å². The molecule has 6 heteroatoms. The van der Waals surface area contributed by atoms with Gasteiger partial charge in [0.1, 0.15) is 23.0 Å². The fourth-order valence-electron chi connectivity index (χ4n) is 12.7. The van der Waals surface area contributed by atoms with Gasteiger partial charge in [-0.2, -0.15) is 0 Å². The summed E-state index contributed by atoms with van der Waals surface area (Å²) in [5.41, 5.74) is 20.1. The molecule has 84 heavy (non-hydrogen) atoms. The average Bonchev–Trinajstić information content (AvgIpc) is 1.30. The van der Waals surface area contributed by atoms with Crippen LogP contribution in [-0.2, 0) is 71.0 Å². The molecule has 0 spiro atoms. The Morgan fingerprint density at radius 3 is 0.607 bits per heavy atom. The van der Waals surface area contributed by atoms with Gasteiger partial charge in [0.25, 0.3) is 0 Å². The summed E-state index contributed by atoms with van der Waals surface area (Å²) in [6.45, 7) is 40.2. The molecule has 7 aromatic carbocycles. The Bertz CT molecular complexity index is 3720. The Balaban J connectivity index is 1.38. The fraction of sp³-hybridized carbons (Fsp3) is 0.385. The van der Waals surface area contributed by atoms with E-state index in [9.17, 15) is 20.4 Å². The molecule has 0 saturated carbocycles. The van der Waals surface area contributed by atoms with Crippen LogP contribution in [0.2, 0.25) is 0 Å². The van der Waals surface area contributed by atoms with E-state index in [0.717, 1.165) is 144 Å². The quantitative estimate of drug-likeness (QED) is 0.113. The number of aromatic hydroxyl groups is 4. The van der Waals surface area contributed by atoms with Crippen LogP contribution in [0.3, 0.4) is 0 Å². The molecular formula is C78H88N2O4. The zero-order valence-corrected chi connectivity index (χ0v) is 53.3. The standard InChI is InChI=1S/C78H88N2O4/c1-73(2,3)57-31-45-25-49-35-59(75(7,8)9)39-53(69(49)81)29-55-41-61(77(13,14)15)37-51(71(55)83)27-47-33-58(74(4,5)6)34-48-28-52-38-62(78(16,17)18)42-56(72(52)84)30-54-40-60(76(10,11)12)36-50(70(54)82)26-46(32-57)65(45)63-23-21-43-19-20-44-22-24-64(66(47)48)80-68(44)67(43)79-63/h19-24,31-42,81-84H,25-30H2,1-18H3. The SMILES string of the molecule is CC(C)(C)c1cc2c(O)c(c1)Cc1cc(C(C)(C)C)cc3c1-c1ccc4ccc5ccc(nc5c4n1)-c1c(cc(C(C)(C)C)cc1Cc1cc(C(C)(C)C)cc(c1O)Cc1cc(C(C)(C)C)cc(c1O)C3)Cc1cc(C(C)(C)C)cc(c1O)C2. The second-order valence-electron chi connectivity index (χ2n) is 31.1. The third kappa shape index (κ3) is 11.0. The highest BCUT2D eigenvalue weighted by Gasteiger charge is 2.31. The van der Waals surface area contributed by atoms with Crippen molar-refractivity contribution in [3.63, 3.8) is 0 Å². The minimum Gasteiger partial charge on any atom is -0.507 e. The van der Waals surface area contributed by atoms with Gasteiger partial charge in [-0.15, -0.1) is 0 Å². The van der Waals surface area contributed by atoms with Crippen molar-refractivity contribution in [1.29, 1.82) is 0 Å². The van der Waals surface area contributed by atoms with Crippen molar-refractivity contribution in [2.45, 2.75) is 196 Å². The second-order valence-corrected chi connectivity index (χ2v) is 31.1. The summed E-state index contributed by atoms with van der Waals surface area (Å²) >= 11 is 0. The van der Waals surface area contributed by atoms with Gasteiger partial charge in [0.15, 0.2) is 0 Å². The Morgan fingerprint density at radius 2 is 0.417 bits per heavy atom. The number of fused-ring (bicyclic) bond motifs is 8. The number of nitrogens with zero attached hydrogens (tertiary/aromatic N) is 2. The van der Waals surface area contributed by atoms with Crippen LogP contribution >= 0.6 is 0 Å². The van der Waals surface area contributed by atoms with E-state index in [1.165, 1.54) is 0 Å². The molecule has 2 aliphatic rings. The van der Waals surface area contributed by atoms with Crippen LogP contribution in [-0.4, -0.2) is 30.4 Å². The van der Waals surface area contributed by atoms with Crippen LogP contribution in [0.1, 0.15) is 225 Å². The summed E-state index contributed by atoms with van der Waals surface area (Å²) in [6.07, 6.45) is 2.12. The summed E-state index contributed by atoms with van der Waals surface area (Å²) in [4.78, 5) is 11.6. The lowest BCUT2D eigenvalue weighted by atomic mass is 9.77. The van der Waals surface area contributed by atoms with E-state index in [2.05, 4.69) is 234 Å². The summed E-state index contributed by atoms with van der Waals surface area (Å²) in [7, 11) is 0. The van der Waals surface area contributed by atoms with E-state index >= 15 is 0 Å². The molecule has 0 atom stereocenters. The van der Waals surface area contributed by atoms with Gasteiger partial charge < -0.3 is 20.4 Å². The third-order valence-electron chi connectivity index (χ3n) is 18.2. The first-order valence-corrected chi connectivity index (χ1v) is 30.4. The molecule has 6 nitrogen and oxygen atoms in total. The van der Waals surface area contributed by atoms with Crippen molar-refractivity contribution in [3.8, 4) is 45.5 Å². The van der Waals surface area contributed by atoms with E-state index in [1.54, 1.807) is 0 Å². The number of phenols is 4. The number of aromatic nitrogens is 2. The van der Waals surface area contributed by atoms with E-state index in [4.69, 9.17) is 9.97 Å². The van der Waals surface area contributed by atoms with Gasteiger partial charge in [0.2, 0.25) is 0 Å². The Morgan fingerprint density at radius 1 is 0.250 bits per heavy atom. The van der Waals surface area contributed by atoms with E-state index in [-0.39, 0.29) is 55.5 Å². The Kier molecular flexibility index (Phi) is 14.0. The second kappa shape index (κ2) is 20.1. The smallest absolute Gasteiger partial charge is 0.122 e. The highest BCUT2D eigenvalue weighted by Crippen LogP contribution is 2.47. The predicted octanol–water partition coefficient (Wildman–Crippen LogP) is 18.9. The lowest BCUT2D eigenvalue weighted by molar-refractivity contribution is 0.454. The van der Waals surface area contributed by atoms with Crippen LogP contribution in [0.4, 0.5) is 0 Å². The van der Waals surface area contributed by atoms with Crippen molar-refractivity contribution in [3.05, 3.63) is 209 Å². The lowest BCUT2D eigenvalue weighted by Crippen LogP contribution is -2.16. The van der Waals surface area contributed by atoms with Gasteiger partial charge in [0.05, 0.1) is 22.4 Å². The van der Waals surface area contributed by atoms with Crippen LogP contribution in [0, 0.1) is 0 Å². The Hall–Kier alpha value is -7.44. The number of rotatable bonds is 0. The van der Waals surface area contributed by atoms with Gasteiger partial charge in [-0.1, -0.05) is 222 Å². The number of pyridine rings is 2. The zero-order valence-electron chi connectivity index (χ0n) is 53.3. The molecule has 0 saturated heterocycles. The summed E-state index contributed by atoms with van der Waals surface area (Å²) in [5.74, 6) is 0.854. The molecule has 9 aromatic rings. The number of benzene rings is 7. The van der Waals surface area contributed by atoms with Gasteiger partial charge in [-0.05, 0) is 145 Å². The first kappa shape index (κ1) is 58.3. The third-order valence-corrected chi connectivity index (χ3v) is 18.2. The number of hydrogen-bond acceptors (Lipinski definition) is 6. The molecule has 0 fully saturated rings. The number of phenolic OH excluding ortho intramolecular Hbond substituents is 4. The minimum absolute atomic E-state index is 0.214. The van der Waals surface area contributed by atoms with Gasteiger partial charge >= 0.3 is 0 Å². The molecule has 4 heterocycles. The maximum absolute atomic E-state index is 13.1. The largest absolute Gasteiger partial charge is 0.507 e. The molecule has 2 aliphatic heterocycles. The van der Waals surface area contributed by atoms with E-state index in [1.807, 2.05) is 0 Å². The number of hydrogen-bond donors (Lipinski definition) is 4. The lowest BCUT2D eigenvalue weighted by Gasteiger charge is -2.28. The van der Waals surface area contributed by atoms with Gasteiger partial charge in [-0.3, -0.25) is 0 Å². The van der Waals surface area contributed by atoms with Crippen molar-refractivity contribution in [2.24, 2.45) is 0 Å². The molecule has 4 N–H and O–H groups in total. The molecule has 0 amide bonds. The molecular weight excluding hydrogens is 1030 g/mol. The zero-order chi connectivity index (χ0) is 60.7. The molecule has 11 rings (SSSR count). The highest BCUT2D eigenvalue weighted by atomic mass is 16.3. The monoisotopic (exact) mass is 1120 g/mol. The fourth-order valence-corrected chi connectivity index (χ4v) is 12.7. The van der Waals surface area contributed by atoms with Gasteiger partial charge in [0, 0.05) is 60.4 Å². The average molecular weight is 1120 g/mol. The van der Waals surface area contributed by atoms with Crippen LogP contribution in [0.5, 0.6) is 23.0 Å². The molecule has 2 aromatic heterocycles. The highest BCUT2D eigenvalue weighted by molar-refractivity contribution is 6.04. The predicted molar refractivity (Wildman–Crippen MR) is 349 cm³/mol. The summed E-state index contributed by atoms with van der Waals surface area (Å²) in [6, 6.07) is 39.5. The molecule has 14 bridgehead atoms. The van der Waals surface area contributed by atoms with Crippen molar-refractivity contribution < 1.29 is 20.4 Å².